The molecule has 2 aliphatic rings. The molecule has 1 amide bonds. The Hall–Kier alpha value is -4.23. The van der Waals surface area contributed by atoms with Crippen LogP contribution < -0.4 is 10.1 Å². The number of hydrogen-bond donors (Lipinski definition) is 2. The molecule has 0 bridgehead atoms. The Morgan fingerprint density at radius 3 is 1.84 bits per heavy atom. The Morgan fingerprint density at radius 1 is 0.789 bits per heavy atom. The third-order valence-corrected chi connectivity index (χ3v) is 8.35. The van der Waals surface area contributed by atoms with Crippen molar-refractivity contribution in [3.05, 3.63) is 119 Å². The van der Waals surface area contributed by atoms with Gasteiger partial charge >= 0.3 is 12.1 Å². The Balaban J connectivity index is 1.13. The molecule has 1 aliphatic heterocycles. The molecule has 0 fully saturated rings. The minimum atomic E-state index is -1.11. The summed E-state index contributed by atoms with van der Waals surface area (Å²) in [6, 6.07) is 30.5. The van der Waals surface area contributed by atoms with Crippen molar-refractivity contribution in [1.29, 1.82) is 0 Å². The van der Waals surface area contributed by atoms with E-state index in [1.54, 1.807) is 0 Å². The van der Waals surface area contributed by atoms with Crippen LogP contribution in [0, 0.1) is 0 Å². The molecule has 1 atom stereocenters. The Labute approximate surface area is 224 Å². The van der Waals surface area contributed by atoms with Crippen molar-refractivity contribution in [2.24, 2.45) is 0 Å². The van der Waals surface area contributed by atoms with Crippen LogP contribution in [-0.2, 0) is 9.53 Å². The average Bonchev–Trinajstić information content (AvgIpc) is 3.27. The van der Waals surface area contributed by atoms with Gasteiger partial charge in [0.05, 0.1) is 5.25 Å². The maximum Gasteiger partial charge on any atom is 0.407 e. The molecule has 0 aromatic heterocycles. The third-order valence-electron chi connectivity index (χ3n) is 6.99. The van der Waals surface area contributed by atoms with Crippen LogP contribution in [0.4, 0.5) is 4.79 Å². The molecule has 0 radical (unpaired) electrons. The number of hydrogen-bond acceptors (Lipinski definition) is 5. The molecule has 0 unspecified atom stereocenters. The van der Waals surface area contributed by atoms with E-state index in [9.17, 15) is 14.7 Å². The molecule has 6 nitrogen and oxygen atoms in total. The molecule has 38 heavy (non-hydrogen) atoms. The number of carbonyl (C=O) groups excluding carboxylic acids is 1. The highest BCUT2D eigenvalue weighted by molar-refractivity contribution is 7.99. The maximum absolute atomic E-state index is 12.8. The molecule has 1 aliphatic carbocycles. The fourth-order valence-corrected chi connectivity index (χ4v) is 6.55. The zero-order chi connectivity index (χ0) is 26.1. The second kappa shape index (κ2) is 10.3. The van der Waals surface area contributed by atoms with E-state index in [1.807, 2.05) is 84.9 Å². The first-order valence-electron chi connectivity index (χ1n) is 12.4. The van der Waals surface area contributed by atoms with Crippen LogP contribution in [0.2, 0.25) is 0 Å². The smallest absolute Gasteiger partial charge is 0.407 e. The fraction of sp³-hybridized carbons (Fsp3) is 0.161. The molecule has 6 rings (SSSR count). The Morgan fingerprint density at radius 2 is 1.29 bits per heavy atom. The number of amides is 1. The highest BCUT2D eigenvalue weighted by Gasteiger charge is 2.32. The number of aliphatic carboxylic acids is 1. The van der Waals surface area contributed by atoms with Gasteiger partial charge in [0.15, 0.2) is 0 Å². The van der Waals surface area contributed by atoms with E-state index in [0.717, 1.165) is 44.9 Å². The summed E-state index contributed by atoms with van der Waals surface area (Å²) in [6.45, 7) is 0.125. The Kier molecular flexibility index (Phi) is 6.52. The van der Waals surface area contributed by atoms with Crippen LogP contribution in [0.25, 0.3) is 11.1 Å². The lowest BCUT2D eigenvalue weighted by Crippen LogP contribution is -2.43. The maximum atomic E-state index is 12.8. The van der Waals surface area contributed by atoms with Gasteiger partial charge in [-0.05, 0) is 34.4 Å². The van der Waals surface area contributed by atoms with E-state index in [-0.39, 0.29) is 23.5 Å². The zero-order valence-corrected chi connectivity index (χ0v) is 21.2. The SMILES string of the molecule is O=C(N[C@H](CSC1c2ccccc2Oc2ccccc21)C(=O)O)OCC1c2ccccc2-c2ccccc21. The highest BCUT2D eigenvalue weighted by atomic mass is 32.2. The van der Waals surface area contributed by atoms with Crippen LogP contribution in [0.3, 0.4) is 0 Å². The van der Waals surface area contributed by atoms with Gasteiger partial charge < -0.3 is 19.9 Å². The van der Waals surface area contributed by atoms with Crippen LogP contribution in [0.5, 0.6) is 11.5 Å². The number of para-hydroxylation sites is 2. The van der Waals surface area contributed by atoms with Gasteiger partial charge in [0, 0.05) is 22.8 Å². The van der Waals surface area contributed by atoms with E-state index in [0.29, 0.717) is 0 Å². The summed E-state index contributed by atoms with van der Waals surface area (Å²) in [5.74, 6) is 0.452. The first-order valence-corrected chi connectivity index (χ1v) is 13.5. The summed E-state index contributed by atoms with van der Waals surface area (Å²) in [5.41, 5.74) is 6.42. The number of thioether (sulfide) groups is 1. The first-order chi connectivity index (χ1) is 18.6. The van der Waals surface area contributed by atoms with Gasteiger partial charge in [0.2, 0.25) is 0 Å². The monoisotopic (exact) mass is 523 g/mol. The molecule has 7 heteroatoms. The fourth-order valence-electron chi connectivity index (χ4n) is 5.20. The lowest BCUT2D eigenvalue weighted by atomic mass is 9.98. The van der Waals surface area contributed by atoms with Gasteiger partial charge in [0.25, 0.3) is 0 Å². The summed E-state index contributed by atoms with van der Waals surface area (Å²) in [6.07, 6.45) is -0.743. The summed E-state index contributed by atoms with van der Waals surface area (Å²) in [4.78, 5) is 24.8. The van der Waals surface area contributed by atoms with Crippen LogP contribution in [0.15, 0.2) is 97.1 Å². The Bertz CT molecular complexity index is 1430. The van der Waals surface area contributed by atoms with Gasteiger partial charge in [-0.15, -0.1) is 11.8 Å². The number of carboxylic acids is 1. The topological polar surface area (TPSA) is 84.9 Å². The van der Waals surface area contributed by atoms with E-state index >= 15 is 0 Å². The van der Waals surface area contributed by atoms with Gasteiger partial charge in [0.1, 0.15) is 24.1 Å². The van der Waals surface area contributed by atoms with Crippen LogP contribution in [-0.4, -0.2) is 35.6 Å². The number of benzene rings is 4. The molecule has 1 heterocycles. The highest BCUT2D eigenvalue weighted by Crippen LogP contribution is 2.49. The minimum Gasteiger partial charge on any atom is -0.480 e. The molecular weight excluding hydrogens is 498 g/mol. The first kappa shape index (κ1) is 24.1. The van der Waals surface area contributed by atoms with Crippen molar-refractivity contribution in [3.63, 3.8) is 0 Å². The number of nitrogens with one attached hydrogen (secondary N) is 1. The van der Waals surface area contributed by atoms with Gasteiger partial charge in [-0.2, -0.15) is 0 Å². The standard InChI is InChI=1S/C31H25NO5S/c33-30(34)26(18-38-29-23-13-5-7-15-27(23)37-28-16-8-6-14-24(28)29)32-31(35)36-17-25-21-11-3-1-9-19(21)20-10-2-4-12-22(20)25/h1-16,25-26,29H,17-18H2,(H,32,35)(H,33,34)/t26-/m1/s1. The lowest BCUT2D eigenvalue weighted by Gasteiger charge is -2.28. The molecule has 2 N–H and O–H groups in total. The van der Waals surface area contributed by atoms with Crippen molar-refractivity contribution < 1.29 is 24.2 Å². The molecule has 0 saturated carbocycles. The van der Waals surface area contributed by atoms with Crippen molar-refractivity contribution in [2.45, 2.75) is 17.2 Å². The second-order valence-corrected chi connectivity index (χ2v) is 10.4. The zero-order valence-electron chi connectivity index (χ0n) is 20.4. The van der Waals surface area contributed by atoms with Crippen LogP contribution >= 0.6 is 11.8 Å². The van der Waals surface area contributed by atoms with Gasteiger partial charge in [-0.3, -0.25) is 0 Å². The predicted octanol–water partition coefficient (Wildman–Crippen LogP) is 6.61. The van der Waals surface area contributed by atoms with Crippen molar-refractivity contribution in [1.82, 2.24) is 5.32 Å². The van der Waals surface area contributed by atoms with Crippen molar-refractivity contribution in [2.75, 3.05) is 12.4 Å². The van der Waals surface area contributed by atoms with E-state index in [2.05, 4.69) is 17.4 Å². The second-order valence-electron chi connectivity index (χ2n) is 9.25. The summed E-state index contributed by atoms with van der Waals surface area (Å²) in [5, 5.41) is 12.3. The number of fused-ring (bicyclic) bond motifs is 5. The number of rotatable bonds is 7. The lowest BCUT2D eigenvalue weighted by molar-refractivity contribution is -0.138. The molecule has 190 valence electrons. The largest absolute Gasteiger partial charge is 0.480 e. The number of carboxylic acid groups (broad SMARTS) is 1. The average molecular weight is 524 g/mol. The van der Waals surface area contributed by atoms with Crippen LogP contribution in [0.1, 0.15) is 33.4 Å². The number of ether oxygens (including phenoxy) is 2. The molecular formula is C31H25NO5S. The van der Waals surface area contributed by atoms with Gasteiger partial charge in [-0.25, -0.2) is 9.59 Å². The van der Waals surface area contributed by atoms with Gasteiger partial charge in [-0.1, -0.05) is 84.9 Å². The quantitative estimate of drug-likeness (QED) is 0.284. The predicted molar refractivity (Wildman–Crippen MR) is 147 cm³/mol. The number of carbonyl (C=O) groups is 2. The van der Waals surface area contributed by atoms with E-state index < -0.39 is 18.1 Å². The van der Waals surface area contributed by atoms with E-state index in [4.69, 9.17) is 9.47 Å². The summed E-state index contributed by atoms with van der Waals surface area (Å²) < 4.78 is 11.6. The van der Waals surface area contributed by atoms with Crippen molar-refractivity contribution in [3.8, 4) is 22.6 Å². The van der Waals surface area contributed by atoms with Crippen molar-refractivity contribution >= 4 is 23.8 Å². The molecule has 0 spiro atoms. The molecule has 4 aromatic carbocycles. The van der Waals surface area contributed by atoms with E-state index in [1.165, 1.54) is 11.8 Å². The normalized spacial score (nSPS) is 14.3. The minimum absolute atomic E-state index is 0.0963. The number of alkyl carbamates (subject to hydrolysis) is 1. The summed E-state index contributed by atoms with van der Waals surface area (Å²) in [7, 11) is 0. The molecule has 0 saturated heterocycles. The summed E-state index contributed by atoms with van der Waals surface area (Å²) >= 11 is 1.45. The molecule has 4 aromatic rings. The third kappa shape index (κ3) is 4.50.